The Morgan fingerprint density at radius 3 is 2.86 bits per heavy atom. The van der Waals surface area contributed by atoms with Crippen molar-refractivity contribution in [1.29, 1.82) is 0 Å². The standard InChI is InChI=1S/C15H19BrClFN2S/c1-21-8-4-2-3-7-20-14-10-12(18)11(16)9-13(14)19-15(20)5-6-17/h9-10H,2-8H2,1H3. The van der Waals surface area contributed by atoms with Crippen LogP contribution in [-0.4, -0.2) is 27.4 Å². The van der Waals surface area contributed by atoms with Gasteiger partial charge in [-0.15, -0.1) is 11.6 Å². The number of hydrogen-bond donors (Lipinski definition) is 0. The van der Waals surface area contributed by atoms with Gasteiger partial charge in [-0.1, -0.05) is 6.42 Å². The zero-order valence-corrected chi connectivity index (χ0v) is 15.2. The quantitative estimate of drug-likeness (QED) is 0.450. The predicted octanol–water partition coefficient (Wildman–Crippen LogP) is 5.25. The lowest BCUT2D eigenvalue weighted by Crippen LogP contribution is -2.05. The van der Waals surface area contributed by atoms with Gasteiger partial charge in [0.2, 0.25) is 0 Å². The van der Waals surface area contributed by atoms with Gasteiger partial charge in [-0.2, -0.15) is 11.8 Å². The molecule has 1 heterocycles. The fourth-order valence-corrected chi connectivity index (χ4v) is 3.38. The van der Waals surface area contributed by atoms with Gasteiger partial charge in [0.1, 0.15) is 11.6 Å². The predicted molar refractivity (Wildman–Crippen MR) is 94.0 cm³/mol. The molecule has 0 saturated carbocycles. The van der Waals surface area contributed by atoms with Crippen molar-refractivity contribution >= 4 is 50.3 Å². The smallest absolute Gasteiger partial charge is 0.139 e. The number of hydrogen-bond acceptors (Lipinski definition) is 2. The van der Waals surface area contributed by atoms with Crippen LogP contribution in [0, 0.1) is 5.82 Å². The first-order valence-corrected chi connectivity index (χ1v) is 9.78. The maximum atomic E-state index is 13.8. The van der Waals surface area contributed by atoms with Gasteiger partial charge in [0, 0.05) is 24.9 Å². The van der Waals surface area contributed by atoms with E-state index in [4.69, 9.17) is 11.6 Å². The van der Waals surface area contributed by atoms with Crippen LogP contribution in [-0.2, 0) is 13.0 Å². The molecule has 1 aromatic carbocycles. The second-order valence-corrected chi connectivity index (χ2v) is 7.15. The van der Waals surface area contributed by atoms with Crippen molar-refractivity contribution in [2.24, 2.45) is 0 Å². The molecule has 0 radical (unpaired) electrons. The molecule has 0 unspecified atom stereocenters. The minimum absolute atomic E-state index is 0.247. The van der Waals surface area contributed by atoms with Crippen LogP contribution in [0.1, 0.15) is 25.1 Å². The van der Waals surface area contributed by atoms with Gasteiger partial charge in [0.05, 0.1) is 15.5 Å². The number of unbranched alkanes of at least 4 members (excludes halogenated alkanes) is 2. The summed E-state index contributed by atoms with van der Waals surface area (Å²) < 4.78 is 16.4. The van der Waals surface area contributed by atoms with Gasteiger partial charge >= 0.3 is 0 Å². The largest absolute Gasteiger partial charge is 0.328 e. The van der Waals surface area contributed by atoms with Crippen molar-refractivity contribution < 1.29 is 4.39 Å². The molecule has 0 aliphatic rings. The molecule has 0 spiro atoms. The van der Waals surface area contributed by atoms with Crippen molar-refractivity contribution in [2.75, 3.05) is 17.9 Å². The molecule has 0 saturated heterocycles. The average Bonchev–Trinajstić information content (AvgIpc) is 2.77. The van der Waals surface area contributed by atoms with E-state index in [1.165, 1.54) is 18.6 Å². The molecule has 0 aliphatic carbocycles. The van der Waals surface area contributed by atoms with Crippen LogP contribution >= 0.6 is 39.3 Å². The van der Waals surface area contributed by atoms with E-state index in [0.717, 1.165) is 29.8 Å². The van der Waals surface area contributed by atoms with Gasteiger partial charge in [-0.25, -0.2) is 9.37 Å². The van der Waals surface area contributed by atoms with Gasteiger partial charge in [0.25, 0.3) is 0 Å². The second kappa shape index (κ2) is 8.39. The molecule has 0 N–H and O–H groups in total. The highest BCUT2D eigenvalue weighted by Crippen LogP contribution is 2.25. The molecule has 0 aliphatic heterocycles. The van der Waals surface area contributed by atoms with Crippen LogP contribution in [0.3, 0.4) is 0 Å². The molecule has 0 bridgehead atoms. The zero-order valence-electron chi connectivity index (χ0n) is 12.0. The van der Waals surface area contributed by atoms with Crippen LogP contribution in [0.15, 0.2) is 16.6 Å². The Balaban J connectivity index is 2.21. The van der Waals surface area contributed by atoms with Crippen molar-refractivity contribution in [3.8, 4) is 0 Å². The van der Waals surface area contributed by atoms with Crippen molar-refractivity contribution in [2.45, 2.75) is 32.2 Å². The van der Waals surface area contributed by atoms with Gasteiger partial charge in [-0.3, -0.25) is 0 Å². The van der Waals surface area contributed by atoms with Crippen LogP contribution in [0.2, 0.25) is 0 Å². The van der Waals surface area contributed by atoms with E-state index >= 15 is 0 Å². The molecule has 2 rings (SSSR count). The van der Waals surface area contributed by atoms with E-state index in [1.54, 1.807) is 12.1 Å². The summed E-state index contributed by atoms with van der Waals surface area (Å²) in [5.41, 5.74) is 1.69. The fourth-order valence-electron chi connectivity index (χ4n) is 2.39. The first-order chi connectivity index (χ1) is 10.2. The minimum atomic E-state index is -0.247. The summed E-state index contributed by atoms with van der Waals surface area (Å²) in [5, 5.41) is 0. The normalized spacial score (nSPS) is 11.4. The highest BCUT2D eigenvalue weighted by Gasteiger charge is 2.13. The number of alkyl halides is 1. The molecule has 21 heavy (non-hydrogen) atoms. The fraction of sp³-hybridized carbons (Fsp3) is 0.533. The van der Waals surface area contributed by atoms with Crippen LogP contribution < -0.4 is 0 Å². The first kappa shape index (κ1) is 17.1. The Kier molecular flexibility index (Phi) is 6.83. The average molecular weight is 394 g/mol. The molecule has 116 valence electrons. The number of rotatable bonds is 8. The Morgan fingerprint density at radius 2 is 2.14 bits per heavy atom. The number of halogens is 3. The first-order valence-electron chi connectivity index (χ1n) is 7.06. The maximum Gasteiger partial charge on any atom is 0.139 e. The van der Waals surface area contributed by atoms with Gasteiger partial charge < -0.3 is 4.57 Å². The third kappa shape index (κ3) is 4.36. The molecule has 2 nitrogen and oxygen atoms in total. The van der Waals surface area contributed by atoms with E-state index in [-0.39, 0.29) is 5.82 Å². The molecule has 0 atom stereocenters. The lowest BCUT2D eigenvalue weighted by Gasteiger charge is -2.08. The van der Waals surface area contributed by atoms with E-state index < -0.39 is 0 Å². The summed E-state index contributed by atoms with van der Waals surface area (Å²) in [6.07, 6.45) is 6.32. The monoisotopic (exact) mass is 392 g/mol. The van der Waals surface area contributed by atoms with Crippen LogP contribution in [0.4, 0.5) is 4.39 Å². The molecular formula is C15H19BrClFN2S. The number of fused-ring (bicyclic) bond motifs is 1. The Bertz CT molecular complexity index is 603. The summed E-state index contributed by atoms with van der Waals surface area (Å²) in [6.45, 7) is 0.873. The lowest BCUT2D eigenvalue weighted by atomic mass is 10.2. The Hall–Kier alpha value is -0.260. The Morgan fingerprint density at radius 1 is 1.33 bits per heavy atom. The molecular weight excluding hydrogens is 375 g/mol. The van der Waals surface area contributed by atoms with E-state index in [1.807, 2.05) is 11.8 Å². The third-order valence-electron chi connectivity index (χ3n) is 3.42. The summed E-state index contributed by atoms with van der Waals surface area (Å²) >= 11 is 11.0. The number of thioether (sulfide) groups is 1. The van der Waals surface area contributed by atoms with Gasteiger partial charge in [0.15, 0.2) is 0 Å². The van der Waals surface area contributed by atoms with E-state index in [0.29, 0.717) is 16.8 Å². The maximum absolute atomic E-state index is 13.8. The van der Waals surface area contributed by atoms with Crippen LogP contribution in [0.25, 0.3) is 11.0 Å². The summed E-state index contributed by atoms with van der Waals surface area (Å²) in [4.78, 5) is 4.60. The number of aryl methyl sites for hydroxylation is 2. The van der Waals surface area contributed by atoms with Crippen molar-refractivity contribution in [1.82, 2.24) is 9.55 Å². The zero-order chi connectivity index (χ0) is 15.2. The second-order valence-electron chi connectivity index (χ2n) is 4.93. The number of imidazole rings is 1. The summed E-state index contributed by atoms with van der Waals surface area (Å²) in [7, 11) is 0. The molecule has 0 fully saturated rings. The highest BCUT2D eigenvalue weighted by atomic mass is 79.9. The molecule has 6 heteroatoms. The number of aromatic nitrogens is 2. The van der Waals surface area contributed by atoms with Crippen LogP contribution in [0.5, 0.6) is 0 Å². The molecule has 2 aromatic rings. The van der Waals surface area contributed by atoms with Gasteiger partial charge in [-0.05, 0) is 46.8 Å². The topological polar surface area (TPSA) is 17.8 Å². The molecule has 1 aromatic heterocycles. The minimum Gasteiger partial charge on any atom is -0.328 e. The number of benzene rings is 1. The SMILES string of the molecule is CSCCCCCn1c(CCCl)nc2cc(Br)c(F)cc21. The highest BCUT2D eigenvalue weighted by molar-refractivity contribution is 9.10. The Labute approximate surface area is 142 Å². The van der Waals surface area contributed by atoms with E-state index in [9.17, 15) is 4.39 Å². The number of nitrogens with zero attached hydrogens (tertiary/aromatic N) is 2. The van der Waals surface area contributed by atoms with E-state index in [2.05, 4.69) is 31.7 Å². The molecule has 0 amide bonds. The third-order valence-corrected chi connectivity index (χ3v) is 4.91. The summed E-state index contributed by atoms with van der Waals surface area (Å²) in [5.74, 6) is 2.42. The summed E-state index contributed by atoms with van der Waals surface area (Å²) in [6, 6.07) is 3.30. The van der Waals surface area contributed by atoms with Crippen molar-refractivity contribution in [3.05, 3.63) is 28.2 Å². The lowest BCUT2D eigenvalue weighted by molar-refractivity contribution is 0.592. The van der Waals surface area contributed by atoms with Crippen molar-refractivity contribution in [3.63, 3.8) is 0 Å².